The van der Waals surface area contributed by atoms with Gasteiger partial charge in [0.25, 0.3) is 0 Å². The number of hydrogen-bond donors (Lipinski definition) is 0. The monoisotopic (exact) mass is 201 g/mol. The normalized spacial score (nSPS) is 31.3. The summed E-state index contributed by atoms with van der Waals surface area (Å²) in [5.74, 6) is 0. The Hall–Kier alpha value is -0.120. The van der Waals surface area contributed by atoms with E-state index in [2.05, 4.69) is 32.7 Å². The second kappa shape index (κ2) is 5.10. The average Bonchev–Trinajstić information content (AvgIpc) is 2.45. The molecule has 0 aromatic carbocycles. The fourth-order valence-corrected chi connectivity index (χ4v) is 2.22. The van der Waals surface area contributed by atoms with Crippen LogP contribution in [0.15, 0.2) is 0 Å². The van der Waals surface area contributed by atoms with Crippen molar-refractivity contribution in [2.45, 2.75) is 51.5 Å². The van der Waals surface area contributed by atoms with E-state index < -0.39 is 0 Å². The maximum absolute atomic E-state index is 5.80. The highest BCUT2D eigenvalue weighted by molar-refractivity contribution is 4.87. The van der Waals surface area contributed by atoms with Crippen LogP contribution in [-0.2, 0) is 9.47 Å². The van der Waals surface area contributed by atoms with Crippen LogP contribution in [0.5, 0.6) is 0 Å². The number of nitrogens with zero attached hydrogens (tertiary/aromatic N) is 1. The molecule has 84 valence electrons. The van der Waals surface area contributed by atoms with Gasteiger partial charge in [-0.1, -0.05) is 0 Å². The van der Waals surface area contributed by atoms with Crippen molar-refractivity contribution < 1.29 is 9.47 Å². The summed E-state index contributed by atoms with van der Waals surface area (Å²) < 4.78 is 11.2. The molecular weight excluding hydrogens is 178 g/mol. The number of rotatable bonds is 4. The molecule has 0 spiro atoms. The van der Waals surface area contributed by atoms with Gasteiger partial charge in [0.15, 0.2) is 0 Å². The van der Waals surface area contributed by atoms with E-state index in [1.54, 1.807) is 7.11 Å². The van der Waals surface area contributed by atoms with E-state index in [-0.39, 0.29) is 0 Å². The zero-order chi connectivity index (χ0) is 10.7. The summed E-state index contributed by atoms with van der Waals surface area (Å²) in [6, 6.07) is 0.502. The Balaban J connectivity index is 2.43. The number of methoxy groups -OCH3 is 1. The predicted octanol–water partition coefficient (Wildman–Crippen LogP) is 1.52. The highest BCUT2D eigenvalue weighted by Crippen LogP contribution is 2.22. The molecule has 3 atom stereocenters. The van der Waals surface area contributed by atoms with Crippen LogP contribution in [0.25, 0.3) is 0 Å². The Morgan fingerprint density at radius 2 is 1.93 bits per heavy atom. The van der Waals surface area contributed by atoms with Gasteiger partial charge in [0, 0.05) is 19.7 Å². The number of ether oxygens (including phenoxy) is 2. The van der Waals surface area contributed by atoms with Crippen LogP contribution in [0.1, 0.15) is 27.2 Å². The first-order chi connectivity index (χ1) is 6.54. The van der Waals surface area contributed by atoms with Gasteiger partial charge in [0.2, 0.25) is 0 Å². The molecule has 1 saturated heterocycles. The molecule has 1 aliphatic rings. The highest BCUT2D eigenvalue weighted by atomic mass is 16.5. The van der Waals surface area contributed by atoms with Crippen LogP contribution in [0.2, 0.25) is 0 Å². The predicted molar refractivity (Wildman–Crippen MR) is 57.5 cm³/mol. The Morgan fingerprint density at radius 1 is 1.29 bits per heavy atom. The molecule has 3 nitrogen and oxygen atoms in total. The molecular formula is C11H23NO2. The quantitative estimate of drug-likeness (QED) is 0.688. The summed E-state index contributed by atoms with van der Waals surface area (Å²) in [5, 5.41) is 0. The molecule has 3 heteroatoms. The molecule has 0 aromatic heterocycles. The summed E-state index contributed by atoms with van der Waals surface area (Å²) in [6.45, 7) is 7.34. The van der Waals surface area contributed by atoms with Crippen LogP contribution in [0.4, 0.5) is 0 Å². The summed E-state index contributed by atoms with van der Waals surface area (Å²) in [7, 11) is 3.93. The number of likely N-dealkylation sites (tertiary alicyclic amines) is 1. The standard InChI is InChI=1S/C11H23NO2/c1-8(2)14-9(3)11-6-10(13-5)7-12(11)4/h8-11H,6-7H2,1-5H3/t9-,10?,11?/m1/s1. The van der Waals surface area contributed by atoms with Crippen LogP contribution >= 0.6 is 0 Å². The molecule has 1 heterocycles. The fraction of sp³-hybridized carbons (Fsp3) is 1.00. The van der Waals surface area contributed by atoms with Crippen molar-refractivity contribution in [2.75, 3.05) is 20.7 Å². The summed E-state index contributed by atoms with van der Waals surface area (Å²) in [6.07, 6.45) is 2.06. The first-order valence-electron chi connectivity index (χ1n) is 5.43. The Kier molecular flexibility index (Phi) is 4.35. The van der Waals surface area contributed by atoms with Crippen molar-refractivity contribution in [1.82, 2.24) is 4.90 Å². The molecule has 0 aliphatic carbocycles. The molecule has 0 aromatic rings. The van der Waals surface area contributed by atoms with Gasteiger partial charge in [-0.05, 0) is 34.2 Å². The Bertz CT molecular complexity index is 173. The molecule has 1 fully saturated rings. The first kappa shape index (κ1) is 12.0. The van der Waals surface area contributed by atoms with Gasteiger partial charge in [-0.2, -0.15) is 0 Å². The van der Waals surface area contributed by atoms with Gasteiger partial charge in [-0.15, -0.1) is 0 Å². The fourth-order valence-electron chi connectivity index (χ4n) is 2.22. The Morgan fingerprint density at radius 3 is 2.36 bits per heavy atom. The lowest BCUT2D eigenvalue weighted by Gasteiger charge is -2.27. The van der Waals surface area contributed by atoms with Crippen LogP contribution in [-0.4, -0.2) is 50.0 Å². The molecule has 0 saturated carbocycles. The topological polar surface area (TPSA) is 21.7 Å². The van der Waals surface area contributed by atoms with E-state index >= 15 is 0 Å². The van der Waals surface area contributed by atoms with Crippen molar-refractivity contribution in [2.24, 2.45) is 0 Å². The second-order valence-electron chi connectivity index (χ2n) is 4.49. The largest absolute Gasteiger partial charge is 0.380 e. The van der Waals surface area contributed by atoms with E-state index in [0.29, 0.717) is 24.4 Å². The lowest BCUT2D eigenvalue weighted by Crippen LogP contribution is -2.37. The van der Waals surface area contributed by atoms with Gasteiger partial charge >= 0.3 is 0 Å². The minimum atomic E-state index is 0.292. The molecule has 2 unspecified atom stereocenters. The highest BCUT2D eigenvalue weighted by Gasteiger charge is 2.33. The van der Waals surface area contributed by atoms with Crippen molar-refractivity contribution >= 4 is 0 Å². The van der Waals surface area contributed by atoms with Crippen molar-refractivity contribution in [3.05, 3.63) is 0 Å². The van der Waals surface area contributed by atoms with Crippen LogP contribution in [0.3, 0.4) is 0 Å². The van der Waals surface area contributed by atoms with Crippen molar-refractivity contribution in [1.29, 1.82) is 0 Å². The number of likely N-dealkylation sites (N-methyl/N-ethyl adjacent to an activating group) is 1. The van der Waals surface area contributed by atoms with E-state index in [1.165, 1.54) is 0 Å². The van der Waals surface area contributed by atoms with Gasteiger partial charge in [0.1, 0.15) is 0 Å². The van der Waals surface area contributed by atoms with Crippen LogP contribution < -0.4 is 0 Å². The lowest BCUT2D eigenvalue weighted by molar-refractivity contribution is -0.0207. The van der Waals surface area contributed by atoms with Crippen molar-refractivity contribution in [3.63, 3.8) is 0 Å². The van der Waals surface area contributed by atoms with Gasteiger partial charge in [-0.25, -0.2) is 0 Å². The van der Waals surface area contributed by atoms with Gasteiger partial charge in [0.05, 0.1) is 18.3 Å². The number of hydrogen-bond acceptors (Lipinski definition) is 3. The smallest absolute Gasteiger partial charge is 0.0714 e. The molecule has 14 heavy (non-hydrogen) atoms. The van der Waals surface area contributed by atoms with E-state index in [0.717, 1.165) is 13.0 Å². The average molecular weight is 201 g/mol. The maximum Gasteiger partial charge on any atom is 0.0714 e. The zero-order valence-corrected chi connectivity index (χ0v) is 9.99. The van der Waals surface area contributed by atoms with E-state index in [1.807, 2.05) is 0 Å². The molecule has 0 radical (unpaired) electrons. The summed E-state index contributed by atoms with van der Waals surface area (Å²) in [5.41, 5.74) is 0. The van der Waals surface area contributed by atoms with Crippen LogP contribution in [0, 0.1) is 0 Å². The van der Waals surface area contributed by atoms with Gasteiger partial charge in [-0.3, -0.25) is 4.90 Å². The zero-order valence-electron chi connectivity index (χ0n) is 9.99. The lowest BCUT2D eigenvalue weighted by atomic mass is 10.1. The molecule has 0 amide bonds. The molecule has 1 aliphatic heterocycles. The third-order valence-electron chi connectivity index (χ3n) is 2.92. The third-order valence-corrected chi connectivity index (χ3v) is 2.92. The summed E-state index contributed by atoms with van der Waals surface area (Å²) >= 11 is 0. The Labute approximate surface area is 87.4 Å². The van der Waals surface area contributed by atoms with Crippen molar-refractivity contribution in [3.8, 4) is 0 Å². The van der Waals surface area contributed by atoms with Gasteiger partial charge < -0.3 is 9.47 Å². The minimum Gasteiger partial charge on any atom is -0.380 e. The minimum absolute atomic E-state index is 0.292. The first-order valence-corrected chi connectivity index (χ1v) is 5.43. The van der Waals surface area contributed by atoms with E-state index in [4.69, 9.17) is 9.47 Å². The molecule has 0 N–H and O–H groups in total. The van der Waals surface area contributed by atoms with E-state index in [9.17, 15) is 0 Å². The SMILES string of the molecule is COC1CC([C@@H](C)OC(C)C)N(C)C1. The molecule has 1 rings (SSSR count). The third kappa shape index (κ3) is 2.94. The molecule has 0 bridgehead atoms. The summed E-state index contributed by atoms with van der Waals surface area (Å²) in [4.78, 5) is 2.33. The maximum atomic E-state index is 5.80. The second-order valence-corrected chi connectivity index (χ2v) is 4.49.